The number of nitrogens with one attached hydrogen (secondary N) is 1. The fourth-order valence-electron chi connectivity index (χ4n) is 2.98. The van der Waals surface area contributed by atoms with E-state index in [2.05, 4.69) is 11.6 Å². The van der Waals surface area contributed by atoms with Crippen LogP contribution in [0.4, 0.5) is 0 Å². The van der Waals surface area contributed by atoms with Crippen LogP contribution < -0.4 is 5.32 Å². The first-order valence-electron chi connectivity index (χ1n) is 7.03. The van der Waals surface area contributed by atoms with Gasteiger partial charge in [0.2, 0.25) is 11.8 Å². The minimum atomic E-state index is -0.772. The Bertz CT molecular complexity index is 385. The number of piperazine rings is 1. The smallest absolute Gasteiger partial charge is 0.248 e. The second-order valence-electron chi connectivity index (χ2n) is 6.21. The van der Waals surface area contributed by atoms with Gasteiger partial charge < -0.3 is 10.2 Å². The van der Waals surface area contributed by atoms with Crippen molar-refractivity contribution in [2.45, 2.75) is 62.8 Å². The molecular weight excluding hydrogens is 260 g/mol. The number of thioether (sulfide) groups is 1. The van der Waals surface area contributed by atoms with Crippen molar-refractivity contribution in [3.8, 4) is 0 Å². The van der Waals surface area contributed by atoms with Crippen molar-refractivity contribution in [3.63, 3.8) is 0 Å². The van der Waals surface area contributed by atoms with Crippen molar-refractivity contribution >= 4 is 23.6 Å². The monoisotopic (exact) mass is 284 g/mol. The molecule has 1 saturated heterocycles. The summed E-state index contributed by atoms with van der Waals surface area (Å²) in [6.07, 6.45) is 6.32. The Morgan fingerprint density at radius 3 is 2.42 bits per heavy atom. The van der Waals surface area contributed by atoms with Gasteiger partial charge in [-0.05, 0) is 39.4 Å². The van der Waals surface area contributed by atoms with E-state index in [9.17, 15) is 9.59 Å². The number of carbonyl (C=O) groups excluding carboxylic acids is 2. The van der Waals surface area contributed by atoms with Gasteiger partial charge in [0, 0.05) is 11.3 Å². The van der Waals surface area contributed by atoms with Crippen molar-refractivity contribution < 1.29 is 9.59 Å². The molecule has 1 N–H and O–H groups in total. The number of hydrogen-bond acceptors (Lipinski definition) is 3. The van der Waals surface area contributed by atoms with Gasteiger partial charge in [-0.15, -0.1) is 0 Å². The number of hydrogen-bond donors (Lipinski definition) is 1. The molecule has 2 rings (SSSR count). The Morgan fingerprint density at radius 2 is 2.00 bits per heavy atom. The lowest BCUT2D eigenvalue weighted by Crippen LogP contribution is -2.69. The molecule has 108 valence electrons. The summed E-state index contributed by atoms with van der Waals surface area (Å²) in [5.41, 5.74) is -0.772. The molecule has 0 spiro atoms. The summed E-state index contributed by atoms with van der Waals surface area (Å²) in [5.74, 6) is 0.0435. The maximum Gasteiger partial charge on any atom is 0.248 e. The second-order valence-corrected chi connectivity index (χ2v) is 7.49. The minimum Gasteiger partial charge on any atom is -0.340 e. The minimum absolute atomic E-state index is 0.0114. The average molecular weight is 284 g/mol. The average Bonchev–Trinajstić information content (AvgIpc) is 2.29. The Kier molecular flexibility index (Phi) is 3.87. The number of carbonyl (C=O) groups is 2. The van der Waals surface area contributed by atoms with Crippen LogP contribution in [0.15, 0.2) is 0 Å². The van der Waals surface area contributed by atoms with Crippen LogP contribution in [0.2, 0.25) is 0 Å². The lowest BCUT2D eigenvalue weighted by molar-refractivity contribution is -0.154. The van der Waals surface area contributed by atoms with E-state index in [1.54, 1.807) is 13.8 Å². The SMILES string of the molecule is CCC1C(=O)NC(C)(C)C(=O)N1CC1(SC)CCC1. The molecule has 5 heteroatoms. The number of amides is 2. The van der Waals surface area contributed by atoms with Crippen molar-refractivity contribution in [2.75, 3.05) is 12.8 Å². The number of nitrogens with zero attached hydrogens (tertiary/aromatic N) is 1. The normalized spacial score (nSPS) is 28.8. The van der Waals surface area contributed by atoms with Gasteiger partial charge in [0.15, 0.2) is 0 Å². The molecule has 2 amide bonds. The zero-order valence-corrected chi connectivity index (χ0v) is 13.1. The zero-order valence-electron chi connectivity index (χ0n) is 12.3. The van der Waals surface area contributed by atoms with Gasteiger partial charge in [-0.1, -0.05) is 13.3 Å². The van der Waals surface area contributed by atoms with Crippen molar-refractivity contribution in [3.05, 3.63) is 0 Å². The topological polar surface area (TPSA) is 49.4 Å². The van der Waals surface area contributed by atoms with E-state index in [0.29, 0.717) is 13.0 Å². The van der Waals surface area contributed by atoms with Crippen molar-refractivity contribution in [2.24, 2.45) is 0 Å². The highest BCUT2D eigenvalue weighted by molar-refractivity contribution is 8.00. The van der Waals surface area contributed by atoms with E-state index in [1.165, 1.54) is 6.42 Å². The summed E-state index contributed by atoms with van der Waals surface area (Å²) < 4.78 is 0.177. The highest BCUT2D eigenvalue weighted by Crippen LogP contribution is 2.44. The summed E-state index contributed by atoms with van der Waals surface area (Å²) in [6, 6.07) is -0.301. The molecule has 4 nitrogen and oxygen atoms in total. The predicted octanol–water partition coefficient (Wildman–Crippen LogP) is 1.79. The standard InChI is InChI=1S/C14H24N2O2S/c1-5-10-11(17)15-13(2,3)12(18)16(10)9-14(19-4)7-6-8-14/h10H,5-9H2,1-4H3,(H,15,17). The molecule has 1 saturated carbocycles. The molecule has 0 aromatic heterocycles. The van der Waals surface area contributed by atoms with Crippen molar-refractivity contribution in [1.29, 1.82) is 0 Å². The molecule has 1 heterocycles. The fraction of sp³-hybridized carbons (Fsp3) is 0.857. The third kappa shape index (κ3) is 2.49. The highest BCUT2D eigenvalue weighted by atomic mass is 32.2. The van der Waals surface area contributed by atoms with Crippen LogP contribution in [0.3, 0.4) is 0 Å². The van der Waals surface area contributed by atoms with Gasteiger partial charge in [0.1, 0.15) is 11.6 Å². The summed E-state index contributed by atoms with van der Waals surface area (Å²) in [5, 5.41) is 2.84. The molecule has 1 aliphatic heterocycles. The lowest BCUT2D eigenvalue weighted by Gasteiger charge is -2.49. The number of rotatable bonds is 4. The van der Waals surface area contributed by atoms with E-state index in [0.717, 1.165) is 12.8 Å². The zero-order chi connectivity index (χ0) is 14.3. The summed E-state index contributed by atoms with van der Waals surface area (Å²) >= 11 is 1.84. The molecule has 0 aromatic carbocycles. The molecule has 19 heavy (non-hydrogen) atoms. The maximum atomic E-state index is 12.6. The van der Waals surface area contributed by atoms with Crippen LogP contribution >= 0.6 is 11.8 Å². The van der Waals surface area contributed by atoms with E-state index >= 15 is 0 Å². The van der Waals surface area contributed by atoms with E-state index in [4.69, 9.17) is 0 Å². The molecule has 1 unspecified atom stereocenters. The Balaban J connectivity index is 2.22. The van der Waals surface area contributed by atoms with Gasteiger partial charge in [0.05, 0.1) is 0 Å². The van der Waals surface area contributed by atoms with Crippen LogP contribution in [0.5, 0.6) is 0 Å². The molecular formula is C14H24N2O2S. The third-order valence-electron chi connectivity index (χ3n) is 4.45. The molecule has 2 fully saturated rings. The second kappa shape index (κ2) is 5.00. The van der Waals surface area contributed by atoms with Crippen LogP contribution in [-0.4, -0.2) is 45.8 Å². The van der Waals surface area contributed by atoms with E-state index in [-0.39, 0.29) is 22.6 Å². The quantitative estimate of drug-likeness (QED) is 0.856. The summed E-state index contributed by atoms with van der Waals surface area (Å²) in [6.45, 7) is 6.26. The lowest BCUT2D eigenvalue weighted by atomic mass is 9.82. The van der Waals surface area contributed by atoms with Crippen LogP contribution in [0.25, 0.3) is 0 Å². The van der Waals surface area contributed by atoms with Crippen LogP contribution in [0, 0.1) is 0 Å². The van der Waals surface area contributed by atoms with Crippen LogP contribution in [-0.2, 0) is 9.59 Å². The summed E-state index contributed by atoms with van der Waals surface area (Å²) in [4.78, 5) is 26.6. The molecule has 1 atom stereocenters. The van der Waals surface area contributed by atoms with E-state index < -0.39 is 5.54 Å². The first kappa shape index (κ1) is 14.7. The Morgan fingerprint density at radius 1 is 1.37 bits per heavy atom. The van der Waals surface area contributed by atoms with Gasteiger partial charge in [0.25, 0.3) is 0 Å². The Hall–Kier alpha value is -0.710. The van der Waals surface area contributed by atoms with Gasteiger partial charge >= 0.3 is 0 Å². The predicted molar refractivity (Wildman–Crippen MR) is 78.1 cm³/mol. The van der Waals surface area contributed by atoms with Gasteiger partial charge in [-0.2, -0.15) is 11.8 Å². The first-order valence-corrected chi connectivity index (χ1v) is 8.26. The van der Waals surface area contributed by atoms with Gasteiger partial charge in [-0.25, -0.2) is 0 Å². The van der Waals surface area contributed by atoms with Gasteiger partial charge in [-0.3, -0.25) is 9.59 Å². The summed E-state index contributed by atoms with van der Waals surface area (Å²) in [7, 11) is 0. The molecule has 0 radical (unpaired) electrons. The first-order chi connectivity index (χ1) is 8.85. The fourth-order valence-corrected chi connectivity index (χ4v) is 3.95. The molecule has 1 aliphatic carbocycles. The third-order valence-corrected chi connectivity index (χ3v) is 5.86. The van der Waals surface area contributed by atoms with Crippen LogP contribution in [0.1, 0.15) is 46.5 Å². The molecule has 2 aliphatic rings. The molecule has 0 aromatic rings. The highest BCUT2D eigenvalue weighted by Gasteiger charge is 2.48. The Labute approximate surface area is 119 Å². The molecule has 0 bridgehead atoms. The maximum absolute atomic E-state index is 12.6. The van der Waals surface area contributed by atoms with Crippen molar-refractivity contribution in [1.82, 2.24) is 10.2 Å². The largest absolute Gasteiger partial charge is 0.340 e. The van der Waals surface area contributed by atoms with E-state index in [1.807, 2.05) is 23.6 Å².